The van der Waals surface area contributed by atoms with E-state index in [-0.39, 0.29) is 5.97 Å². The van der Waals surface area contributed by atoms with Gasteiger partial charge in [0.05, 0.1) is 6.61 Å². The van der Waals surface area contributed by atoms with E-state index in [1.807, 2.05) is 6.92 Å². The van der Waals surface area contributed by atoms with Gasteiger partial charge in [-0.25, -0.2) is 0 Å². The molecule has 1 aliphatic rings. The number of nitrogens with one attached hydrogen (secondary N) is 1. The average molecular weight is 255 g/mol. The number of carbonyl (C=O) groups is 1. The fourth-order valence-corrected chi connectivity index (χ4v) is 2.83. The predicted octanol–water partition coefficient (Wildman–Crippen LogP) is 3.13. The molecule has 1 aliphatic carbocycles. The Labute approximate surface area is 112 Å². The van der Waals surface area contributed by atoms with E-state index in [2.05, 4.69) is 33.0 Å². The normalized spacial score (nSPS) is 34.1. The maximum Gasteiger partial charge on any atom is 0.326 e. The van der Waals surface area contributed by atoms with Crippen LogP contribution in [0.3, 0.4) is 0 Å². The summed E-state index contributed by atoms with van der Waals surface area (Å²) in [4.78, 5) is 12.3. The van der Waals surface area contributed by atoms with Crippen LogP contribution >= 0.6 is 0 Å². The van der Waals surface area contributed by atoms with E-state index in [1.54, 1.807) is 0 Å². The molecule has 1 saturated carbocycles. The lowest BCUT2D eigenvalue weighted by atomic mass is 9.71. The third kappa shape index (κ3) is 3.47. The highest BCUT2D eigenvalue weighted by molar-refractivity contribution is 5.81. The Morgan fingerprint density at radius 2 is 2.06 bits per heavy atom. The quantitative estimate of drug-likeness (QED) is 0.767. The lowest BCUT2D eigenvalue weighted by Gasteiger charge is -2.42. The highest BCUT2D eigenvalue weighted by atomic mass is 16.5. The topological polar surface area (TPSA) is 38.3 Å². The second-order valence-electron chi connectivity index (χ2n) is 5.95. The molecule has 4 atom stereocenters. The summed E-state index contributed by atoms with van der Waals surface area (Å²) < 4.78 is 5.31. The van der Waals surface area contributed by atoms with Crippen LogP contribution in [0.1, 0.15) is 60.3 Å². The number of rotatable bonds is 5. The zero-order valence-electron chi connectivity index (χ0n) is 12.6. The van der Waals surface area contributed by atoms with Crippen LogP contribution in [-0.4, -0.2) is 24.2 Å². The van der Waals surface area contributed by atoms with Gasteiger partial charge in [0.15, 0.2) is 0 Å². The molecular formula is C15H29NO2. The summed E-state index contributed by atoms with van der Waals surface area (Å²) in [6.07, 6.45) is 3.94. The maximum atomic E-state index is 12.3. The van der Waals surface area contributed by atoms with Crippen LogP contribution in [-0.2, 0) is 9.53 Å². The summed E-state index contributed by atoms with van der Waals surface area (Å²) in [5.41, 5.74) is -0.447. The fraction of sp³-hybridized carbons (Fsp3) is 0.933. The van der Waals surface area contributed by atoms with Crippen molar-refractivity contribution in [1.29, 1.82) is 0 Å². The lowest BCUT2D eigenvalue weighted by Crippen LogP contribution is -2.59. The Morgan fingerprint density at radius 3 is 2.56 bits per heavy atom. The molecule has 0 spiro atoms. The summed E-state index contributed by atoms with van der Waals surface area (Å²) in [5.74, 6) is 1.22. The van der Waals surface area contributed by atoms with E-state index in [0.717, 1.165) is 25.7 Å². The van der Waals surface area contributed by atoms with Gasteiger partial charge in [0.2, 0.25) is 0 Å². The third-order valence-electron chi connectivity index (χ3n) is 4.47. The minimum Gasteiger partial charge on any atom is -0.465 e. The first-order valence-corrected chi connectivity index (χ1v) is 7.40. The molecular weight excluding hydrogens is 226 g/mol. The van der Waals surface area contributed by atoms with Crippen LogP contribution in [0.2, 0.25) is 0 Å². The van der Waals surface area contributed by atoms with Gasteiger partial charge in [-0.1, -0.05) is 20.8 Å². The highest BCUT2D eigenvalue weighted by Gasteiger charge is 2.45. The summed E-state index contributed by atoms with van der Waals surface area (Å²) >= 11 is 0. The van der Waals surface area contributed by atoms with Crippen LogP contribution in [0, 0.1) is 11.8 Å². The standard InChI is InChI=1S/C15H29NO2/c1-6-13(5)16-15(14(17)18-7-2)9-8-11(3)12(4)10-15/h11-13,16H,6-10H2,1-5H3. The molecule has 0 radical (unpaired) electrons. The minimum atomic E-state index is -0.447. The van der Waals surface area contributed by atoms with Gasteiger partial charge >= 0.3 is 5.97 Å². The van der Waals surface area contributed by atoms with E-state index in [4.69, 9.17) is 4.74 Å². The van der Waals surface area contributed by atoms with Crippen molar-refractivity contribution in [1.82, 2.24) is 5.32 Å². The molecule has 0 aromatic rings. The second kappa shape index (κ2) is 6.55. The van der Waals surface area contributed by atoms with Crippen LogP contribution < -0.4 is 5.32 Å². The first-order valence-electron chi connectivity index (χ1n) is 7.40. The number of ether oxygens (including phenoxy) is 1. The van der Waals surface area contributed by atoms with Crippen molar-refractivity contribution < 1.29 is 9.53 Å². The summed E-state index contributed by atoms with van der Waals surface area (Å²) in [5, 5.41) is 3.54. The molecule has 3 nitrogen and oxygen atoms in total. The monoisotopic (exact) mass is 255 g/mol. The number of hydrogen-bond donors (Lipinski definition) is 1. The molecule has 4 unspecified atom stereocenters. The van der Waals surface area contributed by atoms with E-state index in [0.29, 0.717) is 24.5 Å². The van der Waals surface area contributed by atoms with Gasteiger partial charge in [-0.05, 0) is 51.4 Å². The van der Waals surface area contributed by atoms with Crippen LogP contribution in [0.4, 0.5) is 0 Å². The van der Waals surface area contributed by atoms with Crippen molar-refractivity contribution in [3.63, 3.8) is 0 Å². The van der Waals surface area contributed by atoms with Crippen molar-refractivity contribution in [2.45, 2.75) is 71.9 Å². The first kappa shape index (κ1) is 15.5. The van der Waals surface area contributed by atoms with Gasteiger partial charge < -0.3 is 4.74 Å². The highest BCUT2D eigenvalue weighted by Crippen LogP contribution is 2.37. The molecule has 0 aromatic carbocycles. The Morgan fingerprint density at radius 1 is 1.39 bits per heavy atom. The zero-order valence-corrected chi connectivity index (χ0v) is 12.6. The lowest BCUT2D eigenvalue weighted by molar-refractivity contribution is -0.154. The largest absolute Gasteiger partial charge is 0.465 e. The SMILES string of the molecule is CCOC(=O)C1(NC(C)CC)CCC(C)C(C)C1. The van der Waals surface area contributed by atoms with Crippen LogP contribution in [0.25, 0.3) is 0 Å². The smallest absolute Gasteiger partial charge is 0.326 e. The molecule has 0 aliphatic heterocycles. The Hall–Kier alpha value is -0.570. The predicted molar refractivity (Wildman–Crippen MR) is 74.4 cm³/mol. The summed E-state index contributed by atoms with van der Waals surface area (Å²) in [7, 11) is 0. The van der Waals surface area contributed by atoms with E-state index in [9.17, 15) is 4.79 Å². The molecule has 0 bridgehead atoms. The maximum absolute atomic E-state index is 12.3. The average Bonchev–Trinajstić information content (AvgIpc) is 2.34. The molecule has 0 aromatic heterocycles. The van der Waals surface area contributed by atoms with Gasteiger partial charge in [0, 0.05) is 6.04 Å². The Bertz CT molecular complexity index is 276. The van der Waals surface area contributed by atoms with Gasteiger partial charge in [0.1, 0.15) is 5.54 Å². The molecule has 0 heterocycles. The van der Waals surface area contributed by atoms with E-state index >= 15 is 0 Å². The Kier molecular flexibility index (Phi) is 5.64. The molecule has 3 heteroatoms. The van der Waals surface area contributed by atoms with Crippen molar-refractivity contribution in [3.05, 3.63) is 0 Å². The number of esters is 1. The van der Waals surface area contributed by atoms with E-state index in [1.165, 1.54) is 0 Å². The second-order valence-corrected chi connectivity index (χ2v) is 5.95. The number of hydrogen-bond acceptors (Lipinski definition) is 3. The summed E-state index contributed by atoms with van der Waals surface area (Å²) in [6, 6.07) is 0.356. The van der Waals surface area contributed by atoms with Crippen molar-refractivity contribution in [2.24, 2.45) is 11.8 Å². The van der Waals surface area contributed by atoms with Crippen molar-refractivity contribution in [3.8, 4) is 0 Å². The summed E-state index contributed by atoms with van der Waals surface area (Å²) in [6.45, 7) is 11.2. The number of carbonyl (C=O) groups excluding carboxylic acids is 1. The van der Waals surface area contributed by atoms with Crippen molar-refractivity contribution in [2.75, 3.05) is 6.61 Å². The van der Waals surface area contributed by atoms with Gasteiger partial charge in [-0.2, -0.15) is 0 Å². The fourth-order valence-electron chi connectivity index (χ4n) is 2.83. The molecule has 106 valence electrons. The third-order valence-corrected chi connectivity index (χ3v) is 4.47. The minimum absolute atomic E-state index is 0.0518. The van der Waals surface area contributed by atoms with Crippen LogP contribution in [0.5, 0.6) is 0 Å². The molecule has 0 amide bonds. The van der Waals surface area contributed by atoms with Gasteiger partial charge in [0.25, 0.3) is 0 Å². The Balaban J connectivity index is 2.84. The van der Waals surface area contributed by atoms with Gasteiger partial charge in [-0.3, -0.25) is 10.1 Å². The zero-order chi connectivity index (χ0) is 13.8. The molecule has 1 fully saturated rings. The molecule has 0 saturated heterocycles. The van der Waals surface area contributed by atoms with E-state index < -0.39 is 5.54 Å². The molecule has 1 rings (SSSR count). The first-order chi connectivity index (χ1) is 8.45. The van der Waals surface area contributed by atoms with Crippen LogP contribution in [0.15, 0.2) is 0 Å². The van der Waals surface area contributed by atoms with Gasteiger partial charge in [-0.15, -0.1) is 0 Å². The molecule has 18 heavy (non-hydrogen) atoms. The molecule has 1 N–H and O–H groups in total. The van der Waals surface area contributed by atoms with Crippen molar-refractivity contribution >= 4 is 5.97 Å².